The number of piperidine rings is 1. The fraction of sp³-hybridized carbons (Fsp3) is 0.533. The smallest absolute Gasteiger partial charge is 0.150 e. The molecule has 1 fully saturated rings. The summed E-state index contributed by atoms with van der Waals surface area (Å²) < 4.78 is 0. The maximum atomic E-state index is 10.7. The Labute approximate surface area is 104 Å². The van der Waals surface area contributed by atoms with E-state index in [1.165, 1.54) is 24.1 Å². The Kier molecular flexibility index (Phi) is 3.51. The van der Waals surface area contributed by atoms with Crippen LogP contribution in [0.4, 0.5) is 5.69 Å². The highest BCUT2D eigenvalue weighted by molar-refractivity contribution is 5.77. The second kappa shape index (κ2) is 4.91. The molecule has 0 amide bonds. The minimum Gasteiger partial charge on any atom is -0.369 e. The zero-order chi connectivity index (χ0) is 12.4. The monoisotopic (exact) mass is 231 g/mol. The summed E-state index contributed by atoms with van der Waals surface area (Å²) in [4.78, 5) is 13.2. The number of nitrogens with zero attached hydrogens (tertiary/aromatic N) is 1. The fourth-order valence-electron chi connectivity index (χ4n) is 2.84. The third-order valence-electron chi connectivity index (χ3n) is 3.80. The molecule has 1 aromatic rings. The number of carbonyl (C=O) groups is 1. The van der Waals surface area contributed by atoms with Crippen LogP contribution in [0.1, 0.15) is 42.6 Å². The van der Waals surface area contributed by atoms with Crippen LogP contribution in [-0.4, -0.2) is 18.9 Å². The molecule has 17 heavy (non-hydrogen) atoms. The number of benzene rings is 1. The van der Waals surface area contributed by atoms with Crippen LogP contribution in [0, 0.1) is 12.8 Å². The highest BCUT2D eigenvalue weighted by Gasteiger charge is 2.23. The van der Waals surface area contributed by atoms with Crippen molar-refractivity contribution in [1.82, 2.24) is 0 Å². The van der Waals surface area contributed by atoms with Crippen LogP contribution in [0.3, 0.4) is 0 Å². The molecule has 1 aliphatic rings. The summed E-state index contributed by atoms with van der Waals surface area (Å²) in [5.74, 6) is 0.829. The van der Waals surface area contributed by atoms with E-state index in [-0.39, 0.29) is 0 Å². The van der Waals surface area contributed by atoms with Crippen molar-refractivity contribution in [2.24, 2.45) is 5.92 Å². The molecule has 0 N–H and O–H groups in total. The largest absolute Gasteiger partial charge is 0.369 e. The summed E-state index contributed by atoms with van der Waals surface area (Å²) in [6, 6.07) is 6.58. The van der Waals surface area contributed by atoms with Crippen molar-refractivity contribution in [3.05, 3.63) is 29.3 Å². The zero-order valence-corrected chi connectivity index (χ0v) is 10.9. The van der Waals surface area contributed by atoms with Crippen molar-refractivity contribution in [2.75, 3.05) is 11.4 Å². The van der Waals surface area contributed by atoms with Crippen LogP contribution in [0.5, 0.6) is 0 Å². The van der Waals surface area contributed by atoms with Crippen LogP contribution >= 0.6 is 0 Å². The molecular weight excluding hydrogens is 210 g/mol. The molecule has 0 saturated carbocycles. The molecule has 0 aliphatic carbocycles. The van der Waals surface area contributed by atoms with Crippen LogP contribution in [0.25, 0.3) is 0 Å². The first-order chi connectivity index (χ1) is 8.11. The van der Waals surface area contributed by atoms with Crippen LogP contribution < -0.4 is 4.90 Å². The molecule has 2 nitrogen and oxygen atoms in total. The van der Waals surface area contributed by atoms with E-state index >= 15 is 0 Å². The Bertz CT molecular complexity index is 413. The van der Waals surface area contributed by atoms with Gasteiger partial charge in [0.15, 0.2) is 0 Å². The average Bonchev–Trinajstić information content (AvgIpc) is 2.30. The summed E-state index contributed by atoms with van der Waals surface area (Å²) in [7, 11) is 0. The maximum absolute atomic E-state index is 10.7. The van der Waals surface area contributed by atoms with Gasteiger partial charge in [-0.3, -0.25) is 4.79 Å². The first-order valence-corrected chi connectivity index (χ1v) is 6.44. The average molecular weight is 231 g/mol. The molecule has 2 rings (SSSR count). The van der Waals surface area contributed by atoms with Gasteiger partial charge >= 0.3 is 0 Å². The lowest BCUT2D eigenvalue weighted by molar-refractivity contribution is 0.112. The van der Waals surface area contributed by atoms with Gasteiger partial charge in [-0.2, -0.15) is 0 Å². The lowest BCUT2D eigenvalue weighted by Crippen LogP contribution is -2.40. The predicted molar refractivity (Wildman–Crippen MR) is 71.8 cm³/mol. The van der Waals surface area contributed by atoms with Gasteiger partial charge < -0.3 is 4.90 Å². The molecule has 2 heteroatoms. The van der Waals surface area contributed by atoms with Crippen LogP contribution in [-0.2, 0) is 0 Å². The van der Waals surface area contributed by atoms with E-state index < -0.39 is 0 Å². The highest BCUT2D eigenvalue weighted by atomic mass is 16.1. The lowest BCUT2D eigenvalue weighted by atomic mass is 9.92. The maximum Gasteiger partial charge on any atom is 0.150 e. The zero-order valence-electron chi connectivity index (χ0n) is 10.9. The summed E-state index contributed by atoms with van der Waals surface area (Å²) in [6.07, 6.45) is 3.44. The Balaban J connectivity index is 2.25. The van der Waals surface area contributed by atoms with E-state index in [2.05, 4.69) is 31.7 Å². The predicted octanol–water partition coefficient (Wildman–Crippen LogP) is 3.43. The number of carbonyl (C=O) groups excluding carboxylic acids is 1. The Morgan fingerprint density at radius 1 is 1.35 bits per heavy atom. The van der Waals surface area contributed by atoms with Gasteiger partial charge in [0.2, 0.25) is 0 Å². The van der Waals surface area contributed by atoms with E-state index in [9.17, 15) is 4.79 Å². The fourth-order valence-corrected chi connectivity index (χ4v) is 2.84. The molecular formula is C15H21NO. The number of rotatable bonds is 2. The Morgan fingerprint density at radius 2 is 2.12 bits per heavy atom. The summed E-state index contributed by atoms with van der Waals surface area (Å²) in [6.45, 7) is 7.84. The summed E-state index contributed by atoms with van der Waals surface area (Å²) in [5.41, 5.74) is 3.26. The Morgan fingerprint density at radius 3 is 2.71 bits per heavy atom. The lowest BCUT2D eigenvalue weighted by Gasteiger charge is -2.39. The van der Waals surface area contributed by atoms with Crippen molar-refractivity contribution in [2.45, 2.75) is 39.7 Å². The third-order valence-corrected chi connectivity index (χ3v) is 3.80. The van der Waals surface area contributed by atoms with Gasteiger partial charge in [-0.05, 0) is 56.4 Å². The number of hydrogen-bond acceptors (Lipinski definition) is 2. The molecule has 2 unspecified atom stereocenters. The second-order valence-corrected chi connectivity index (χ2v) is 5.34. The molecule has 1 saturated heterocycles. The van der Waals surface area contributed by atoms with Gasteiger partial charge in [-0.1, -0.05) is 6.92 Å². The molecule has 0 spiro atoms. The van der Waals surface area contributed by atoms with Gasteiger partial charge in [-0.15, -0.1) is 0 Å². The summed E-state index contributed by atoms with van der Waals surface area (Å²) >= 11 is 0. The van der Waals surface area contributed by atoms with Gasteiger partial charge in [0.25, 0.3) is 0 Å². The molecule has 1 heterocycles. The van der Waals surface area contributed by atoms with Gasteiger partial charge in [-0.25, -0.2) is 0 Å². The highest BCUT2D eigenvalue weighted by Crippen LogP contribution is 2.30. The Hall–Kier alpha value is -1.31. The topological polar surface area (TPSA) is 20.3 Å². The number of anilines is 1. The quantitative estimate of drug-likeness (QED) is 0.727. The number of aryl methyl sites for hydroxylation is 1. The molecule has 0 radical (unpaired) electrons. The molecule has 92 valence electrons. The SMILES string of the molecule is Cc1cc(C=O)ccc1N1CCC(C)CC1C. The first-order valence-electron chi connectivity index (χ1n) is 6.44. The number of aldehydes is 1. The van der Waals surface area contributed by atoms with Crippen molar-refractivity contribution in [3.63, 3.8) is 0 Å². The van der Waals surface area contributed by atoms with E-state index in [4.69, 9.17) is 0 Å². The summed E-state index contributed by atoms with van der Waals surface area (Å²) in [5, 5.41) is 0. The minimum atomic E-state index is 0.597. The van der Waals surface area contributed by atoms with E-state index in [1.807, 2.05) is 12.1 Å². The first kappa shape index (κ1) is 12.2. The van der Waals surface area contributed by atoms with Crippen molar-refractivity contribution < 1.29 is 4.79 Å². The third kappa shape index (κ3) is 2.51. The molecule has 2 atom stereocenters. The molecule has 1 aromatic carbocycles. The van der Waals surface area contributed by atoms with Crippen molar-refractivity contribution in [3.8, 4) is 0 Å². The van der Waals surface area contributed by atoms with E-state index in [0.717, 1.165) is 24.3 Å². The molecule has 0 aromatic heterocycles. The second-order valence-electron chi connectivity index (χ2n) is 5.34. The van der Waals surface area contributed by atoms with E-state index in [1.54, 1.807) is 0 Å². The number of hydrogen-bond donors (Lipinski definition) is 0. The standard InChI is InChI=1S/C15H21NO/c1-11-6-7-16(13(3)8-11)15-5-4-14(10-17)9-12(15)2/h4-5,9-11,13H,6-8H2,1-3H3. The van der Waals surface area contributed by atoms with Crippen molar-refractivity contribution in [1.29, 1.82) is 0 Å². The van der Waals surface area contributed by atoms with Crippen LogP contribution in [0.15, 0.2) is 18.2 Å². The minimum absolute atomic E-state index is 0.597. The molecule has 1 aliphatic heterocycles. The van der Waals surface area contributed by atoms with Gasteiger partial charge in [0, 0.05) is 23.8 Å². The van der Waals surface area contributed by atoms with Gasteiger partial charge in [0.1, 0.15) is 6.29 Å². The van der Waals surface area contributed by atoms with Crippen molar-refractivity contribution >= 4 is 12.0 Å². The van der Waals surface area contributed by atoms with Gasteiger partial charge in [0.05, 0.1) is 0 Å². The van der Waals surface area contributed by atoms with Crippen LogP contribution in [0.2, 0.25) is 0 Å². The normalized spacial score (nSPS) is 24.8. The molecule has 0 bridgehead atoms. The van der Waals surface area contributed by atoms with E-state index in [0.29, 0.717) is 6.04 Å².